The number of hydrogen-bond acceptors (Lipinski definition) is 3. The van der Waals surface area contributed by atoms with Gasteiger partial charge in [-0.3, -0.25) is 4.79 Å². The van der Waals surface area contributed by atoms with Crippen LogP contribution >= 0.6 is 0 Å². The van der Waals surface area contributed by atoms with Gasteiger partial charge in [-0.1, -0.05) is 19.3 Å². The van der Waals surface area contributed by atoms with Gasteiger partial charge in [-0.05, 0) is 66.9 Å². The molecule has 0 saturated heterocycles. The monoisotopic (exact) mass is 372 g/mol. The summed E-state index contributed by atoms with van der Waals surface area (Å²) in [6.45, 7) is 1.00. The first-order valence-electron chi connectivity index (χ1n) is 10.0. The van der Waals surface area contributed by atoms with E-state index in [1.54, 1.807) is 10.9 Å². The van der Waals surface area contributed by atoms with Crippen molar-refractivity contribution in [1.82, 2.24) is 9.78 Å². The maximum Gasteiger partial charge on any atom is 0.255 e. The van der Waals surface area contributed by atoms with E-state index in [2.05, 4.69) is 27.9 Å². The van der Waals surface area contributed by atoms with Gasteiger partial charge in [0.05, 0.1) is 5.69 Å². The van der Waals surface area contributed by atoms with Crippen LogP contribution in [0.15, 0.2) is 60.9 Å². The second-order valence-corrected chi connectivity index (χ2v) is 7.91. The van der Waals surface area contributed by atoms with Crippen LogP contribution in [0.25, 0.3) is 5.69 Å². The predicted molar refractivity (Wildman–Crippen MR) is 111 cm³/mol. The lowest BCUT2D eigenvalue weighted by atomic mass is 9.70. The molecule has 2 heterocycles. The van der Waals surface area contributed by atoms with Crippen LogP contribution in [0.4, 0.5) is 11.4 Å². The summed E-state index contributed by atoms with van der Waals surface area (Å²) in [6, 6.07) is 15.7. The molecule has 1 spiro atoms. The fourth-order valence-electron chi connectivity index (χ4n) is 4.64. The molecule has 0 bridgehead atoms. The van der Waals surface area contributed by atoms with Crippen molar-refractivity contribution in [3.8, 4) is 5.69 Å². The molecule has 5 nitrogen and oxygen atoms in total. The highest BCUT2D eigenvalue weighted by Crippen LogP contribution is 2.46. The lowest BCUT2D eigenvalue weighted by Gasteiger charge is -2.33. The summed E-state index contributed by atoms with van der Waals surface area (Å²) in [4.78, 5) is 12.8. The van der Waals surface area contributed by atoms with Gasteiger partial charge in [0.1, 0.15) is 0 Å². The zero-order valence-electron chi connectivity index (χ0n) is 15.8. The third-order valence-electron chi connectivity index (χ3n) is 6.18. The van der Waals surface area contributed by atoms with E-state index >= 15 is 0 Å². The van der Waals surface area contributed by atoms with Crippen LogP contribution in [-0.2, 0) is 5.41 Å². The van der Waals surface area contributed by atoms with Gasteiger partial charge in [-0.15, -0.1) is 0 Å². The van der Waals surface area contributed by atoms with E-state index in [4.69, 9.17) is 0 Å². The van der Waals surface area contributed by atoms with Crippen LogP contribution in [0.2, 0.25) is 0 Å². The number of anilines is 2. The summed E-state index contributed by atoms with van der Waals surface area (Å²) < 4.78 is 1.79. The number of rotatable bonds is 3. The second kappa shape index (κ2) is 6.82. The smallest absolute Gasteiger partial charge is 0.255 e. The van der Waals surface area contributed by atoms with Crippen LogP contribution in [0, 0.1) is 0 Å². The normalized spacial score (nSPS) is 17.1. The Morgan fingerprint density at radius 1 is 1.07 bits per heavy atom. The van der Waals surface area contributed by atoms with Gasteiger partial charge in [0.2, 0.25) is 0 Å². The minimum atomic E-state index is -0.0625. The Morgan fingerprint density at radius 2 is 1.89 bits per heavy atom. The van der Waals surface area contributed by atoms with E-state index < -0.39 is 0 Å². The quantitative estimate of drug-likeness (QED) is 0.697. The third kappa shape index (κ3) is 2.97. The Balaban J connectivity index is 1.35. The van der Waals surface area contributed by atoms with E-state index in [-0.39, 0.29) is 11.3 Å². The van der Waals surface area contributed by atoms with E-state index in [0.717, 1.165) is 23.5 Å². The summed E-state index contributed by atoms with van der Waals surface area (Å²) in [5.41, 5.74) is 5.21. The summed E-state index contributed by atoms with van der Waals surface area (Å²) in [7, 11) is 0. The Morgan fingerprint density at radius 3 is 2.64 bits per heavy atom. The number of fused-ring (bicyclic) bond motifs is 2. The Kier molecular flexibility index (Phi) is 4.15. The maximum absolute atomic E-state index is 12.8. The van der Waals surface area contributed by atoms with Gasteiger partial charge in [0.15, 0.2) is 0 Å². The fourth-order valence-corrected chi connectivity index (χ4v) is 4.64. The molecule has 1 aliphatic carbocycles. The lowest BCUT2D eigenvalue weighted by molar-refractivity contribution is 0.102. The third-order valence-corrected chi connectivity index (χ3v) is 6.18. The molecule has 5 heteroatoms. The molecule has 2 aliphatic rings. The van der Waals surface area contributed by atoms with Crippen molar-refractivity contribution in [2.75, 3.05) is 17.2 Å². The highest BCUT2D eigenvalue weighted by molar-refractivity contribution is 6.04. The van der Waals surface area contributed by atoms with Crippen molar-refractivity contribution in [3.63, 3.8) is 0 Å². The number of amides is 1. The molecule has 0 atom stereocenters. The van der Waals surface area contributed by atoms with Gasteiger partial charge >= 0.3 is 0 Å². The fraction of sp³-hybridized carbons (Fsp3) is 0.304. The van der Waals surface area contributed by atoms with Gasteiger partial charge < -0.3 is 10.6 Å². The van der Waals surface area contributed by atoms with Crippen molar-refractivity contribution >= 4 is 17.3 Å². The highest BCUT2D eigenvalue weighted by atomic mass is 16.1. The molecule has 5 rings (SSSR count). The number of hydrogen-bond donors (Lipinski definition) is 2. The summed E-state index contributed by atoms with van der Waals surface area (Å²) in [5, 5.41) is 10.8. The lowest BCUT2D eigenvalue weighted by Crippen LogP contribution is -2.31. The molecule has 28 heavy (non-hydrogen) atoms. The molecular formula is C23H24N4O. The summed E-state index contributed by atoms with van der Waals surface area (Å²) in [5.74, 6) is -0.0625. The molecule has 142 valence electrons. The van der Waals surface area contributed by atoms with Gasteiger partial charge in [0, 0.05) is 41.3 Å². The minimum Gasteiger partial charge on any atom is -0.384 e. The molecule has 1 amide bonds. The molecule has 2 N–H and O–H groups in total. The maximum atomic E-state index is 12.8. The van der Waals surface area contributed by atoms with E-state index in [1.807, 2.05) is 42.6 Å². The molecule has 3 aromatic rings. The largest absolute Gasteiger partial charge is 0.384 e. The van der Waals surface area contributed by atoms with Crippen LogP contribution in [0.1, 0.15) is 48.0 Å². The number of carbonyl (C=O) groups excluding carboxylic acids is 1. The number of carbonyl (C=O) groups is 1. The molecule has 1 fully saturated rings. The van der Waals surface area contributed by atoms with E-state index in [0.29, 0.717) is 0 Å². The number of nitrogens with zero attached hydrogens (tertiary/aromatic N) is 2. The van der Waals surface area contributed by atoms with Gasteiger partial charge in [0.25, 0.3) is 5.91 Å². The first kappa shape index (κ1) is 17.0. The molecule has 2 aromatic carbocycles. The Labute approximate surface area is 164 Å². The van der Waals surface area contributed by atoms with Crippen LogP contribution < -0.4 is 10.6 Å². The highest BCUT2D eigenvalue weighted by Gasteiger charge is 2.39. The Hall–Kier alpha value is -3.08. The number of benzene rings is 2. The van der Waals surface area contributed by atoms with Crippen molar-refractivity contribution < 1.29 is 4.79 Å². The molecule has 0 radical (unpaired) electrons. The van der Waals surface area contributed by atoms with Crippen LogP contribution in [0.3, 0.4) is 0 Å². The van der Waals surface area contributed by atoms with Gasteiger partial charge in [-0.2, -0.15) is 5.10 Å². The summed E-state index contributed by atoms with van der Waals surface area (Å²) >= 11 is 0. The molecule has 1 aliphatic heterocycles. The van der Waals surface area contributed by atoms with Crippen LogP contribution in [0.5, 0.6) is 0 Å². The zero-order chi connectivity index (χ0) is 19.0. The number of aromatic nitrogens is 2. The van der Waals surface area contributed by atoms with Gasteiger partial charge in [-0.25, -0.2) is 4.68 Å². The van der Waals surface area contributed by atoms with Crippen molar-refractivity contribution in [1.29, 1.82) is 0 Å². The minimum absolute atomic E-state index is 0.0625. The standard InChI is InChI=1S/C23H24N4O/c28-22(26-18-6-8-19(9-7-18)27-14-4-13-25-27)17-5-10-21-20(15-17)23(16-24-21)11-2-1-3-12-23/h4-10,13-15,24H,1-3,11-12,16H2,(H,26,28). The van der Waals surface area contributed by atoms with Crippen molar-refractivity contribution in [2.45, 2.75) is 37.5 Å². The average molecular weight is 372 g/mol. The van der Waals surface area contributed by atoms with Crippen LogP contribution in [-0.4, -0.2) is 22.2 Å². The number of nitrogens with one attached hydrogen (secondary N) is 2. The first-order chi connectivity index (χ1) is 13.7. The van der Waals surface area contributed by atoms with Crippen molar-refractivity contribution in [2.24, 2.45) is 0 Å². The molecule has 1 aromatic heterocycles. The molecular weight excluding hydrogens is 348 g/mol. The first-order valence-corrected chi connectivity index (χ1v) is 10.0. The van der Waals surface area contributed by atoms with Crippen molar-refractivity contribution in [3.05, 3.63) is 72.1 Å². The Bertz CT molecular complexity index is 980. The predicted octanol–water partition coefficient (Wildman–Crippen LogP) is 4.75. The topological polar surface area (TPSA) is 59.0 Å². The molecule has 0 unspecified atom stereocenters. The zero-order valence-corrected chi connectivity index (χ0v) is 15.8. The summed E-state index contributed by atoms with van der Waals surface area (Å²) in [6.07, 6.45) is 9.96. The SMILES string of the molecule is O=C(Nc1ccc(-n2cccn2)cc1)c1ccc2c(c1)C1(CCCCC1)CN2. The second-order valence-electron chi connectivity index (χ2n) is 7.91. The van der Waals surface area contributed by atoms with E-state index in [9.17, 15) is 4.79 Å². The van der Waals surface area contributed by atoms with E-state index in [1.165, 1.54) is 43.4 Å². The average Bonchev–Trinajstić information content (AvgIpc) is 3.39. The molecule has 1 saturated carbocycles.